The fourth-order valence-corrected chi connectivity index (χ4v) is 4.12. The molecule has 0 saturated carbocycles. The second-order valence-corrected chi connectivity index (χ2v) is 7.42. The number of hydrogen-bond acceptors (Lipinski definition) is 4. The van der Waals surface area contributed by atoms with Crippen LogP contribution in [0.4, 0.5) is 0 Å². The second-order valence-electron chi connectivity index (χ2n) is 5.12. The Bertz CT molecular complexity index is 443. The van der Waals surface area contributed by atoms with E-state index in [0.717, 1.165) is 6.42 Å². The molecule has 110 valence electrons. The van der Waals surface area contributed by atoms with Gasteiger partial charge >= 0.3 is 5.97 Å². The monoisotopic (exact) mass is 291 g/mol. The van der Waals surface area contributed by atoms with Gasteiger partial charge in [0, 0.05) is 12.6 Å². The van der Waals surface area contributed by atoms with E-state index in [2.05, 4.69) is 0 Å². The Balaban J connectivity index is 2.83. The summed E-state index contributed by atoms with van der Waals surface area (Å²) >= 11 is 0. The molecule has 0 aromatic heterocycles. The summed E-state index contributed by atoms with van der Waals surface area (Å²) in [6.07, 6.45) is 1.50. The first-order chi connectivity index (χ1) is 8.75. The van der Waals surface area contributed by atoms with E-state index in [1.165, 1.54) is 4.90 Å². The van der Waals surface area contributed by atoms with Gasteiger partial charge in [0.15, 0.2) is 9.84 Å². The van der Waals surface area contributed by atoms with Gasteiger partial charge in [0.25, 0.3) is 0 Å². The fraction of sp³-hybridized carbons (Fsp3) is 0.833. The minimum Gasteiger partial charge on any atom is -0.481 e. The van der Waals surface area contributed by atoms with Crippen molar-refractivity contribution in [2.45, 2.75) is 50.8 Å². The molecule has 1 rings (SSSR count). The van der Waals surface area contributed by atoms with Gasteiger partial charge in [0.1, 0.15) is 5.25 Å². The van der Waals surface area contributed by atoms with Gasteiger partial charge in [-0.05, 0) is 26.7 Å². The molecule has 19 heavy (non-hydrogen) atoms. The highest BCUT2D eigenvalue weighted by atomic mass is 32.2. The highest BCUT2D eigenvalue weighted by Crippen LogP contribution is 2.22. The van der Waals surface area contributed by atoms with Crippen LogP contribution in [0.25, 0.3) is 0 Å². The predicted molar refractivity (Wildman–Crippen MR) is 70.5 cm³/mol. The van der Waals surface area contributed by atoms with Crippen molar-refractivity contribution in [2.75, 3.05) is 12.3 Å². The van der Waals surface area contributed by atoms with Crippen molar-refractivity contribution >= 4 is 21.7 Å². The van der Waals surface area contributed by atoms with Crippen molar-refractivity contribution in [3.8, 4) is 0 Å². The summed E-state index contributed by atoms with van der Waals surface area (Å²) in [4.78, 5) is 24.3. The van der Waals surface area contributed by atoms with Gasteiger partial charge in [-0.2, -0.15) is 0 Å². The molecule has 0 bridgehead atoms. The predicted octanol–water partition coefficient (Wildman–Crippen LogP) is 0.665. The standard InChI is InChI=1S/C12H21NO5S/c1-9(2)13(7-6-11(14)15)12(16)10-5-3-4-8-19(10,17)18/h9-10H,3-8H2,1-2H3,(H,14,15). The Morgan fingerprint density at radius 3 is 2.42 bits per heavy atom. The lowest BCUT2D eigenvalue weighted by molar-refractivity contribution is -0.139. The highest BCUT2D eigenvalue weighted by molar-refractivity contribution is 7.92. The summed E-state index contributed by atoms with van der Waals surface area (Å²) in [5.74, 6) is -1.39. The molecule has 1 fully saturated rings. The van der Waals surface area contributed by atoms with Crippen molar-refractivity contribution in [1.82, 2.24) is 4.90 Å². The Morgan fingerprint density at radius 1 is 1.32 bits per heavy atom. The maximum absolute atomic E-state index is 12.3. The van der Waals surface area contributed by atoms with Crippen molar-refractivity contribution in [1.29, 1.82) is 0 Å². The third kappa shape index (κ3) is 4.19. The van der Waals surface area contributed by atoms with Gasteiger partial charge in [-0.3, -0.25) is 9.59 Å². The number of nitrogens with zero attached hydrogens (tertiary/aromatic N) is 1. The topological polar surface area (TPSA) is 91.8 Å². The van der Waals surface area contributed by atoms with Gasteiger partial charge in [-0.1, -0.05) is 6.42 Å². The molecule has 0 spiro atoms. The van der Waals surface area contributed by atoms with Gasteiger partial charge in [-0.25, -0.2) is 8.42 Å². The SMILES string of the molecule is CC(C)N(CCC(=O)O)C(=O)C1CCCCS1(=O)=O. The first-order valence-electron chi connectivity index (χ1n) is 6.49. The van der Waals surface area contributed by atoms with E-state index in [1.807, 2.05) is 0 Å². The van der Waals surface area contributed by atoms with Crippen LogP contribution >= 0.6 is 0 Å². The summed E-state index contributed by atoms with van der Waals surface area (Å²) in [5.41, 5.74) is 0. The number of amides is 1. The van der Waals surface area contributed by atoms with Crippen LogP contribution in [0.1, 0.15) is 39.5 Å². The summed E-state index contributed by atoms with van der Waals surface area (Å²) in [6, 6.07) is -0.205. The van der Waals surface area contributed by atoms with Crippen LogP contribution in [-0.4, -0.2) is 53.9 Å². The van der Waals surface area contributed by atoms with Gasteiger partial charge < -0.3 is 10.0 Å². The van der Waals surface area contributed by atoms with Crippen LogP contribution in [0.3, 0.4) is 0 Å². The lowest BCUT2D eigenvalue weighted by atomic mass is 10.1. The van der Waals surface area contributed by atoms with Crippen LogP contribution in [0.5, 0.6) is 0 Å². The van der Waals surface area contributed by atoms with Crippen LogP contribution in [0, 0.1) is 0 Å². The number of carbonyl (C=O) groups excluding carboxylic acids is 1. The van der Waals surface area contributed by atoms with Crippen LogP contribution in [0.15, 0.2) is 0 Å². The largest absolute Gasteiger partial charge is 0.481 e. The van der Waals surface area contributed by atoms with Crippen molar-refractivity contribution in [3.63, 3.8) is 0 Å². The Morgan fingerprint density at radius 2 is 1.95 bits per heavy atom. The molecule has 1 aliphatic heterocycles. The quantitative estimate of drug-likeness (QED) is 0.803. The maximum Gasteiger partial charge on any atom is 0.305 e. The van der Waals surface area contributed by atoms with E-state index < -0.39 is 27.0 Å². The van der Waals surface area contributed by atoms with Crippen molar-refractivity contribution in [2.24, 2.45) is 0 Å². The first kappa shape index (κ1) is 15.9. The Kier molecular flexibility index (Phi) is 5.34. The maximum atomic E-state index is 12.3. The zero-order valence-corrected chi connectivity index (χ0v) is 12.1. The molecule has 1 unspecified atom stereocenters. The molecule has 1 N–H and O–H groups in total. The molecule has 1 aliphatic rings. The van der Waals surface area contributed by atoms with Crippen molar-refractivity contribution < 1.29 is 23.1 Å². The zero-order valence-electron chi connectivity index (χ0n) is 11.3. The summed E-state index contributed by atoms with van der Waals surface area (Å²) in [6.45, 7) is 3.57. The highest BCUT2D eigenvalue weighted by Gasteiger charge is 2.38. The number of sulfone groups is 1. The molecular weight excluding hydrogens is 270 g/mol. The summed E-state index contributed by atoms with van der Waals surface area (Å²) in [7, 11) is -3.38. The van der Waals surface area contributed by atoms with Crippen molar-refractivity contribution in [3.05, 3.63) is 0 Å². The molecule has 1 atom stereocenters. The summed E-state index contributed by atoms with van der Waals surface area (Å²) < 4.78 is 23.8. The Labute approximate surface area is 113 Å². The number of aliphatic carboxylic acids is 1. The second kappa shape index (κ2) is 6.36. The third-order valence-corrected chi connectivity index (χ3v) is 5.49. The molecule has 0 aromatic rings. The molecule has 1 saturated heterocycles. The molecule has 1 amide bonds. The van der Waals surface area contributed by atoms with E-state index in [0.29, 0.717) is 12.8 Å². The molecule has 7 heteroatoms. The first-order valence-corrected chi connectivity index (χ1v) is 8.21. The normalized spacial score (nSPS) is 22.2. The zero-order chi connectivity index (χ0) is 14.6. The molecule has 1 heterocycles. The summed E-state index contributed by atoms with van der Waals surface area (Å²) in [5, 5.41) is 7.69. The fourth-order valence-electron chi connectivity index (χ4n) is 2.26. The van der Waals surface area contributed by atoms with Gasteiger partial charge in [0.05, 0.1) is 12.2 Å². The number of carboxylic acid groups (broad SMARTS) is 1. The van der Waals surface area contributed by atoms with Gasteiger partial charge in [-0.15, -0.1) is 0 Å². The third-order valence-electron chi connectivity index (χ3n) is 3.33. The molecule has 0 aliphatic carbocycles. The average molecular weight is 291 g/mol. The minimum absolute atomic E-state index is 0.0499. The van der Waals surface area contributed by atoms with E-state index in [-0.39, 0.29) is 24.8 Å². The number of rotatable bonds is 5. The van der Waals surface area contributed by atoms with Crippen LogP contribution < -0.4 is 0 Å². The van der Waals surface area contributed by atoms with Crippen LogP contribution in [0.2, 0.25) is 0 Å². The number of carbonyl (C=O) groups is 2. The number of carboxylic acids is 1. The smallest absolute Gasteiger partial charge is 0.305 e. The lowest BCUT2D eigenvalue weighted by Gasteiger charge is -2.31. The molecule has 6 nitrogen and oxygen atoms in total. The molecular formula is C12H21NO5S. The van der Waals surface area contributed by atoms with E-state index >= 15 is 0 Å². The Hall–Kier alpha value is -1.11. The van der Waals surface area contributed by atoms with E-state index in [4.69, 9.17) is 5.11 Å². The van der Waals surface area contributed by atoms with E-state index in [9.17, 15) is 18.0 Å². The van der Waals surface area contributed by atoms with Gasteiger partial charge in [0.2, 0.25) is 5.91 Å². The van der Waals surface area contributed by atoms with Crippen LogP contribution in [-0.2, 0) is 19.4 Å². The molecule has 0 radical (unpaired) electrons. The van der Waals surface area contributed by atoms with E-state index in [1.54, 1.807) is 13.8 Å². The minimum atomic E-state index is -3.38. The number of hydrogen-bond donors (Lipinski definition) is 1. The molecule has 0 aromatic carbocycles. The lowest BCUT2D eigenvalue weighted by Crippen LogP contribution is -2.48. The average Bonchev–Trinajstić information content (AvgIpc) is 2.27.